The van der Waals surface area contributed by atoms with E-state index in [1.807, 2.05) is 0 Å². The second-order valence-corrected chi connectivity index (χ2v) is 6.15. The van der Waals surface area contributed by atoms with Crippen molar-refractivity contribution in [1.82, 2.24) is 5.32 Å². The third-order valence-electron chi connectivity index (χ3n) is 4.34. The summed E-state index contributed by atoms with van der Waals surface area (Å²) in [5.74, 6) is 1.61. The van der Waals surface area contributed by atoms with Crippen LogP contribution in [0.2, 0.25) is 0 Å². The Bertz CT molecular complexity index is 368. The molecule has 1 fully saturated rings. The number of hydrogen-bond donors (Lipinski definition) is 1. The summed E-state index contributed by atoms with van der Waals surface area (Å²) >= 11 is 0. The summed E-state index contributed by atoms with van der Waals surface area (Å²) < 4.78 is 5.48. The Morgan fingerprint density at radius 2 is 1.90 bits per heavy atom. The maximum Gasteiger partial charge on any atom is 0.0468 e. The molecule has 0 saturated carbocycles. The zero-order valence-corrected chi connectivity index (χ0v) is 13.0. The second-order valence-electron chi connectivity index (χ2n) is 6.15. The third-order valence-corrected chi connectivity index (χ3v) is 4.34. The summed E-state index contributed by atoms with van der Waals surface area (Å²) in [6.07, 6.45) is 5.03. The zero-order chi connectivity index (χ0) is 14.2. The van der Waals surface area contributed by atoms with Crippen molar-refractivity contribution in [3.05, 3.63) is 35.4 Å². The molecule has 0 radical (unpaired) electrons. The molecular weight excluding hydrogens is 246 g/mol. The van der Waals surface area contributed by atoms with Crippen molar-refractivity contribution in [2.75, 3.05) is 26.3 Å². The lowest BCUT2D eigenvalue weighted by Gasteiger charge is -2.27. The van der Waals surface area contributed by atoms with Gasteiger partial charge in [0, 0.05) is 13.2 Å². The van der Waals surface area contributed by atoms with E-state index in [0.29, 0.717) is 0 Å². The van der Waals surface area contributed by atoms with Crippen molar-refractivity contribution in [3.8, 4) is 0 Å². The largest absolute Gasteiger partial charge is 0.381 e. The standard InChI is InChI=1S/C18H29NO/c1-3-19-14-18(13-17-8-10-20-11-9-17)12-16-6-4-15(2)5-7-16/h4-7,17-19H,3,8-14H2,1-2H3. The fraction of sp³-hybridized carbons (Fsp3) is 0.667. The van der Waals surface area contributed by atoms with Crippen LogP contribution in [0.1, 0.15) is 37.3 Å². The molecule has 1 aliphatic heterocycles. The van der Waals surface area contributed by atoms with Crippen molar-refractivity contribution >= 4 is 0 Å². The Hall–Kier alpha value is -0.860. The van der Waals surface area contributed by atoms with E-state index < -0.39 is 0 Å². The normalized spacial score (nSPS) is 18.1. The molecule has 0 aromatic heterocycles. The second kappa shape index (κ2) is 8.43. The highest BCUT2D eigenvalue weighted by Gasteiger charge is 2.19. The maximum absolute atomic E-state index is 5.48. The molecule has 1 unspecified atom stereocenters. The molecule has 0 amide bonds. The molecule has 1 aromatic rings. The van der Waals surface area contributed by atoms with Crippen LogP contribution >= 0.6 is 0 Å². The lowest BCUT2D eigenvalue weighted by Crippen LogP contribution is -2.27. The van der Waals surface area contributed by atoms with Gasteiger partial charge in [-0.2, -0.15) is 0 Å². The molecule has 2 nitrogen and oxygen atoms in total. The zero-order valence-electron chi connectivity index (χ0n) is 13.0. The number of rotatable bonds is 7. The molecule has 1 atom stereocenters. The first-order valence-electron chi connectivity index (χ1n) is 8.12. The highest BCUT2D eigenvalue weighted by molar-refractivity contribution is 5.21. The van der Waals surface area contributed by atoms with Gasteiger partial charge in [-0.05, 0) is 63.1 Å². The molecule has 0 bridgehead atoms. The van der Waals surface area contributed by atoms with Crippen LogP contribution in [0.3, 0.4) is 0 Å². The van der Waals surface area contributed by atoms with E-state index in [1.165, 1.54) is 36.8 Å². The smallest absolute Gasteiger partial charge is 0.0468 e. The van der Waals surface area contributed by atoms with Crippen molar-refractivity contribution in [1.29, 1.82) is 0 Å². The van der Waals surface area contributed by atoms with Crippen molar-refractivity contribution in [2.45, 2.75) is 39.5 Å². The molecule has 1 aliphatic rings. The average molecular weight is 275 g/mol. The molecule has 1 heterocycles. The number of nitrogens with one attached hydrogen (secondary N) is 1. The van der Waals surface area contributed by atoms with Crippen molar-refractivity contribution < 1.29 is 4.74 Å². The molecule has 0 aliphatic carbocycles. The molecule has 1 aromatic carbocycles. The van der Waals surface area contributed by atoms with Gasteiger partial charge in [0.15, 0.2) is 0 Å². The molecule has 112 valence electrons. The number of ether oxygens (including phenoxy) is 1. The molecule has 20 heavy (non-hydrogen) atoms. The first kappa shape index (κ1) is 15.5. The van der Waals surface area contributed by atoms with Gasteiger partial charge in [-0.3, -0.25) is 0 Å². The maximum atomic E-state index is 5.48. The Kier molecular flexibility index (Phi) is 6.55. The fourth-order valence-corrected chi connectivity index (χ4v) is 3.10. The SMILES string of the molecule is CCNCC(Cc1ccc(C)cc1)CC1CCOCC1. The molecule has 1 saturated heterocycles. The molecular formula is C18H29NO. The summed E-state index contributed by atoms with van der Waals surface area (Å²) in [5, 5.41) is 3.54. The minimum Gasteiger partial charge on any atom is -0.381 e. The third kappa shape index (κ3) is 5.26. The summed E-state index contributed by atoms with van der Waals surface area (Å²) in [5.41, 5.74) is 2.83. The van der Waals surface area contributed by atoms with Crippen molar-refractivity contribution in [3.63, 3.8) is 0 Å². The van der Waals surface area contributed by atoms with Gasteiger partial charge >= 0.3 is 0 Å². The van der Waals surface area contributed by atoms with Gasteiger partial charge in [-0.1, -0.05) is 36.8 Å². The lowest BCUT2D eigenvalue weighted by molar-refractivity contribution is 0.0585. The summed E-state index contributed by atoms with van der Waals surface area (Å²) in [6.45, 7) is 8.48. The van der Waals surface area contributed by atoms with E-state index >= 15 is 0 Å². The minimum absolute atomic E-state index is 0.751. The molecule has 1 N–H and O–H groups in total. The number of benzene rings is 1. The van der Waals surface area contributed by atoms with Gasteiger partial charge in [0.05, 0.1) is 0 Å². The lowest BCUT2D eigenvalue weighted by atomic mass is 9.85. The first-order valence-corrected chi connectivity index (χ1v) is 8.12. The monoisotopic (exact) mass is 275 g/mol. The van der Waals surface area contributed by atoms with Crippen LogP contribution in [0, 0.1) is 18.8 Å². The van der Waals surface area contributed by atoms with Crippen LogP contribution in [-0.2, 0) is 11.2 Å². The van der Waals surface area contributed by atoms with Gasteiger partial charge < -0.3 is 10.1 Å². The predicted octanol–water partition coefficient (Wildman–Crippen LogP) is 3.58. The van der Waals surface area contributed by atoms with Crippen LogP contribution < -0.4 is 5.32 Å². The van der Waals surface area contributed by atoms with Gasteiger partial charge in [0.1, 0.15) is 0 Å². The molecule has 2 rings (SSSR count). The van der Waals surface area contributed by atoms with Crippen LogP contribution in [0.15, 0.2) is 24.3 Å². The Balaban J connectivity index is 1.89. The van der Waals surface area contributed by atoms with Gasteiger partial charge in [-0.15, -0.1) is 0 Å². The summed E-state index contributed by atoms with van der Waals surface area (Å²) in [7, 11) is 0. The molecule has 0 spiro atoms. The fourth-order valence-electron chi connectivity index (χ4n) is 3.10. The van der Waals surface area contributed by atoms with E-state index in [4.69, 9.17) is 4.74 Å². The van der Waals surface area contributed by atoms with E-state index in [2.05, 4.69) is 43.4 Å². The number of hydrogen-bond acceptors (Lipinski definition) is 2. The molecule has 2 heteroatoms. The number of aryl methyl sites for hydroxylation is 1. The average Bonchev–Trinajstić information content (AvgIpc) is 2.48. The van der Waals surface area contributed by atoms with Crippen LogP contribution in [-0.4, -0.2) is 26.3 Å². The summed E-state index contributed by atoms with van der Waals surface area (Å²) in [4.78, 5) is 0. The summed E-state index contributed by atoms with van der Waals surface area (Å²) in [6, 6.07) is 9.04. The van der Waals surface area contributed by atoms with Crippen molar-refractivity contribution in [2.24, 2.45) is 11.8 Å². The Morgan fingerprint density at radius 1 is 1.20 bits per heavy atom. The highest BCUT2D eigenvalue weighted by Crippen LogP contribution is 2.25. The van der Waals surface area contributed by atoms with E-state index in [9.17, 15) is 0 Å². The Labute approximate surface area is 123 Å². The van der Waals surface area contributed by atoms with Crippen LogP contribution in [0.5, 0.6) is 0 Å². The quantitative estimate of drug-likeness (QED) is 0.821. The van der Waals surface area contributed by atoms with Crippen LogP contribution in [0.4, 0.5) is 0 Å². The van der Waals surface area contributed by atoms with Gasteiger partial charge in [0.2, 0.25) is 0 Å². The predicted molar refractivity (Wildman–Crippen MR) is 85.1 cm³/mol. The van der Waals surface area contributed by atoms with Gasteiger partial charge in [0.25, 0.3) is 0 Å². The van der Waals surface area contributed by atoms with Crippen LogP contribution in [0.25, 0.3) is 0 Å². The minimum atomic E-state index is 0.751. The first-order chi connectivity index (χ1) is 9.78. The highest BCUT2D eigenvalue weighted by atomic mass is 16.5. The Morgan fingerprint density at radius 3 is 2.55 bits per heavy atom. The van der Waals surface area contributed by atoms with Gasteiger partial charge in [-0.25, -0.2) is 0 Å². The van der Waals surface area contributed by atoms with E-state index in [1.54, 1.807) is 0 Å². The van der Waals surface area contributed by atoms with E-state index in [0.717, 1.165) is 38.1 Å². The van der Waals surface area contributed by atoms with E-state index in [-0.39, 0.29) is 0 Å². The topological polar surface area (TPSA) is 21.3 Å².